The predicted octanol–water partition coefficient (Wildman–Crippen LogP) is 3.30. The van der Waals surface area contributed by atoms with Gasteiger partial charge < -0.3 is 5.73 Å². The number of nitrogens with two attached hydrogens (primary N) is 1. The first-order valence-corrected chi connectivity index (χ1v) is 7.90. The second kappa shape index (κ2) is 5.70. The van der Waals surface area contributed by atoms with Crippen molar-refractivity contribution >= 4 is 12.1 Å². The zero-order chi connectivity index (χ0) is 17.4. The highest BCUT2D eigenvalue weighted by molar-refractivity contribution is 5.76. The van der Waals surface area contributed by atoms with Crippen LogP contribution in [0.15, 0.2) is 60.7 Å². The molecule has 1 heterocycles. The fraction of sp³-hybridized carbons (Fsp3) is 0.100. The molecule has 1 radical (unpaired) electrons. The van der Waals surface area contributed by atoms with E-state index in [0.29, 0.717) is 12.1 Å². The molecule has 0 fully saturated rings. The molecule has 2 aromatic carbocycles. The minimum atomic E-state index is -0.645. The van der Waals surface area contributed by atoms with Crippen LogP contribution in [0.2, 0.25) is 0 Å². The van der Waals surface area contributed by atoms with Gasteiger partial charge in [-0.3, -0.25) is 0 Å². The van der Waals surface area contributed by atoms with Crippen molar-refractivity contribution in [2.45, 2.75) is 11.8 Å². The Balaban J connectivity index is 1.93. The number of carbonyl (C=O) groups excluding carboxylic acids is 1. The van der Waals surface area contributed by atoms with Gasteiger partial charge >= 0.3 is 6.03 Å². The van der Waals surface area contributed by atoms with E-state index in [1.165, 1.54) is 16.8 Å². The van der Waals surface area contributed by atoms with Crippen LogP contribution in [0.3, 0.4) is 0 Å². The summed E-state index contributed by atoms with van der Waals surface area (Å²) in [6.45, 7) is 0. The van der Waals surface area contributed by atoms with Crippen LogP contribution in [-0.4, -0.2) is 15.8 Å². The topological polar surface area (TPSA) is 60.9 Å². The predicted molar refractivity (Wildman–Crippen MR) is 92.4 cm³/mol. The number of nitrogens with zero attached hydrogens (tertiary/aromatic N) is 2. The molecule has 1 aromatic heterocycles. The summed E-state index contributed by atoms with van der Waals surface area (Å²) in [6.07, 6.45) is 7.25. The SMILES string of the molecule is NC(=O)n1n[c]c2c1CC(c1ccccc1)(c1ccc(F)cc1)C=C2. The summed E-state index contributed by atoms with van der Waals surface area (Å²) in [5.74, 6) is -0.289. The van der Waals surface area contributed by atoms with Gasteiger partial charge in [-0.25, -0.2) is 9.18 Å². The van der Waals surface area contributed by atoms with Gasteiger partial charge in [0.2, 0.25) is 0 Å². The smallest absolute Gasteiger partial charge is 0.339 e. The zero-order valence-electron chi connectivity index (χ0n) is 13.3. The largest absolute Gasteiger partial charge is 0.350 e. The number of aromatic nitrogens is 2. The van der Waals surface area contributed by atoms with Gasteiger partial charge in [-0.15, -0.1) is 0 Å². The van der Waals surface area contributed by atoms with Crippen molar-refractivity contribution < 1.29 is 9.18 Å². The molecule has 3 aromatic rings. The van der Waals surface area contributed by atoms with Gasteiger partial charge in [0.1, 0.15) is 12.0 Å². The maximum Gasteiger partial charge on any atom is 0.339 e. The van der Waals surface area contributed by atoms with Crippen LogP contribution in [-0.2, 0) is 11.8 Å². The molecule has 0 bridgehead atoms. The van der Waals surface area contributed by atoms with Crippen LogP contribution in [0.5, 0.6) is 0 Å². The van der Waals surface area contributed by atoms with E-state index in [-0.39, 0.29) is 5.82 Å². The van der Waals surface area contributed by atoms with E-state index in [9.17, 15) is 9.18 Å². The first-order valence-electron chi connectivity index (χ1n) is 7.90. The molecule has 0 saturated heterocycles. The molecule has 0 aliphatic heterocycles. The Morgan fingerprint density at radius 2 is 1.80 bits per heavy atom. The zero-order valence-corrected chi connectivity index (χ0v) is 13.3. The van der Waals surface area contributed by atoms with Gasteiger partial charge in [0.05, 0.1) is 5.69 Å². The molecule has 1 unspecified atom stereocenters. The third-order valence-corrected chi connectivity index (χ3v) is 4.67. The lowest BCUT2D eigenvalue weighted by atomic mass is 9.68. The van der Waals surface area contributed by atoms with Crippen LogP contribution in [0, 0.1) is 12.0 Å². The van der Waals surface area contributed by atoms with Crippen LogP contribution in [0.25, 0.3) is 6.08 Å². The lowest BCUT2D eigenvalue weighted by molar-refractivity contribution is 0.246. The molecule has 1 amide bonds. The van der Waals surface area contributed by atoms with Crippen LogP contribution >= 0.6 is 0 Å². The molecule has 123 valence electrons. The minimum absolute atomic E-state index is 0.289. The Labute approximate surface area is 144 Å². The quantitative estimate of drug-likeness (QED) is 0.783. The van der Waals surface area contributed by atoms with Crippen molar-refractivity contribution in [2.75, 3.05) is 0 Å². The molecule has 1 atom stereocenters. The minimum Gasteiger partial charge on any atom is -0.350 e. The van der Waals surface area contributed by atoms with E-state index >= 15 is 0 Å². The van der Waals surface area contributed by atoms with Gasteiger partial charge in [-0.2, -0.15) is 9.78 Å². The molecule has 0 spiro atoms. The summed E-state index contributed by atoms with van der Waals surface area (Å²) in [6, 6.07) is 15.7. The molecule has 0 saturated carbocycles. The van der Waals surface area contributed by atoms with Gasteiger partial charge in [-0.05, 0) is 23.3 Å². The Bertz CT molecular complexity index is 960. The number of carbonyl (C=O) groups is 1. The Morgan fingerprint density at radius 3 is 2.48 bits per heavy atom. The Hall–Kier alpha value is -3.21. The summed E-state index contributed by atoms with van der Waals surface area (Å²) in [5, 5.41) is 3.97. The first-order chi connectivity index (χ1) is 12.1. The number of fused-ring (bicyclic) bond motifs is 1. The second-order valence-electron chi connectivity index (χ2n) is 6.08. The third-order valence-electron chi connectivity index (χ3n) is 4.67. The fourth-order valence-electron chi connectivity index (χ4n) is 3.42. The molecular weight excluding hydrogens is 317 g/mol. The summed E-state index contributed by atoms with van der Waals surface area (Å²) in [7, 11) is 0. The van der Waals surface area contributed by atoms with Gasteiger partial charge in [0.25, 0.3) is 0 Å². The average molecular weight is 332 g/mol. The molecule has 2 N–H and O–H groups in total. The van der Waals surface area contributed by atoms with Gasteiger partial charge in [0, 0.05) is 17.4 Å². The summed E-state index contributed by atoms with van der Waals surface area (Å²) >= 11 is 0. The highest BCUT2D eigenvalue weighted by atomic mass is 19.1. The maximum atomic E-state index is 13.4. The van der Waals surface area contributed by atoms with E-state index in [0.717, 1.165) is 16.7 Å². The van der Waals surface area contributed by atoms with E-state index in [1.54, 1.807) is 12.1 Å². The lowest BCUT2D eigenvalue weighted by Crippen LogP contribution is -2.33. The highest BCUT2D eigenvalue weighted by Crippen LogP contribution is 2.41. The number of rotatable bonds is 2. The first kappa shape index (κ1) is 15.3. The van der Waals surface area contributed by atoms with Crippen LogP contribution in [0.4, 0.5) is 9.18 Å². The van der Waals surface area contributed by atoms with Crippen molar-refractivity contribution in [1.82, 2.24) is 9.78 Å². The number of amides is 1. The number of benzene rings is 2. The number of allylic oxidation sites excluding steroid dienone is 1. The number of hydrogen-bond acceptors (Lipinski definition) is 2. The molecule has 25 heavy (non-hydrogen) atoms. The highest BCUT2D eigenvalue weighted by Gasteiger charge is 2.37. The van der Waals surface area contributed by atoms with Crippen LogP contribution < -0.4 is 5.73 Å². The third kappa shape index (κ3) is 2.45. The van der Waals surface area contributed by atoms with Crippen molar-refractivity contribution in [3.05, 3.63) is 95.1 Å². The fourth-order valence-corrected chi connectivity index (χ4v) is 3.42. The van der Waals surface area contributed by atoms with Gasteiger partial charge in [-0.1, -0.05) is 54.6 Å². The number of halogens is 1. The summed E-state index contributed by atoms with van der Waals surface area (Å²) in [4.78, 5) is 11.7. The molecule has 4 nitrogen and oxygen atoms in total. The van der Waals surface area contributed by atoms with E-state index in [2.05, 4.69) is 17.4 Å². The second-order valence-corrected chi connectivity index (χ2v) is 6.08. The monoisotopic (exact) mass is 332 g/mol. The van der Waals surface area contributed by atoms with Crippen molar-refractivity contribution in [1.29, 1.82) is 0 Å². The van der Waals surface area contributed by atoms with Crippen molar-refractivity contribution in [2.24, 2.45) is 5.73 Å². The maximum absolute atomic E-state index is 13.4. The number of hydrogen-bond donors (Lipinski definition) is 1. The van der Waals surface area contributed by atoms with E-state index in [1.807, 2.05) is 36.4 Å². The van der Waals surface area contributed by atoms with Crippen molar-refractivity contribution in [3.8, 4) is 0 Å². The standard InChI is InChI=1S/C20H15FN3O/c21-17-8-6-16(7-9-17)20(15-4-2-1-3-5-15)11-10-14-13-23-24(19(22)25)18(14)12-20/h1-11H,12H2,(H2,22,25). The summed E-state index contributed by atoms with van der Waals surface area (Å²) < 4.78 is 14.6. The van der Waals surface area contributed by atoms with Gasteiger partial charge in [0.15, 0.2) is 0 Å². The molecule has 1 aliphatic rings. The summed E-state index contributed by atoms with van der Waals surface area (Å²) in [5.41, 5.74) is 8.31. The average Bonchev–Trinajstić information content (AvgIpc) is 3.06. The van der Waals surface area contributed by atoms with Crippen molar-refractivity contribution in [3.63, 3.8) is 0 Å². The molecule has 1 aliphatic carbocycles. The Morgan fingerprint density at radius 1 is 1.12 bits per heavy atom. The van der Waals surface area contributed by atoms with Crippen LogP contribution in [0.1, 0.15) is 22.4 Å². The number of primary amides is 1. The molecule has 4 rings (SSSR count). The normalized spacial score (nSPS) is 18.8. The van der Waals surface area contributed by atoms with E-state index < -0.39 is 11.4 Å². The molecular formula is C20H15FN3O. The Kier molecular flexibility index (Phi) is 3.50. The molecule has 5 heteroatoms. The lowest BCUT2D eigenvalue weighted by Gasteiger charge is -2.34. The van der Waals surface area contributed by atoms with E-state index in [4.69, 9.17) is 5.73 Å².